The SMILES string of the molecule is CCc1ccc(C(=O)Nc2ccc3oc(-c4ccc(Cl)cc4Cl)nc3c2)cc1. The minimum absolute atomic E-state index is 0.175. The molecule has 4 nitrogen and oxygen atoms in total. The van der Waals surface area contributed by atoms with E-state index < -0.39 is 0 Å². The molecule has 0 bridgehead atoms. The number of nitrogens with one attached hydrogen (secondary N) is 1. The van der Waals surface area contributed by atoms with Crippen molar-refractivity contribution in [2.24, 2.45) is 0 Å². The first-order valence-electron chi connectivity index (χ1n) is 8.80. The van der Waals surface area contributed by atoms with Gasteiger partial charge in [0.25, 0.3) is 5.91 Å². The van der Waals surface area contributed by atoms with Crippen molar-refractivity contribution in [3.63, 3.8) is 0 Å². The number of hydrogen-bond donors (Lipinski definition) is 1. The zero-order valence-corrected chi connectivity index (χ0v) is 16.5. The first-order chi connectivity index (χ1) is 13.5. The zero-order valence-electron chi connectivity index (χ0n) is 15.0. The number of benzene rings is 3. The minimum Gasteiger partial charge on any atom is -0.436 e. The summed E-state index contributed by atoms with van der Waals surface area (Å²) in [5.41, 5.74) is 4.31. The van der Waals surface area contributed by atoms with Gasteiger partial charge in [-0.15, -0.1) is 0 Å². The van der Waals surface area contributed by atoms with Gasteiger partial charge in [-0.25, -0.2) is 4.98 Å². The summed E-state index contributed by atoms with van der Waals surface area (Å²) in [6, 6.07) is 18.0. The number of aromatic nitrogens is 1. The lowest BCUT2D eigenvalue weighted by Crippen LogP contribution is -2.11. The standard InChI is InChI=1S/C22H16Cl2N2O2/c1-2-13-3-5-14(6-4-13)21(27)25-16-8-10-20-19(12-16)26-22(28-20)17-9-7-15(23)11-18(17)24/h3-12H,2H2,1H3,(H,25,27). The Bertz CT molecular complexity index is 1170. The summed E-state index contributed by atoms with van der Waals surface area (Å²) >= 11 is 12.2. The quantitative estimate of drug-likeness (QED) is 0.411. The van der Waals surface area contributed by atoms with Crippen molar-refractivity contribution in [3.05, 3.63) is 81.8 Å². The molecule has 28 heavy (non-hydrogen) atoms. The largest absolute Gasteiger partial charge is 0.436 e. The number of hydrogen-bond acceptors (Lipinski definition) is 3. The molecule has 0 atom stereocenters. The van der Waals surface area contributed by atoms with E-state index in [0.717, 1.165) is 6.42 Å². The third-order valence-electron chi connectivity index (χ3n) is 4.43. The highest BCUT2D eigenvalue weighted by Crippen LogP contribution is 2.32. The van der Waals surface area contributed by atoms with E-state index in [1.54, 1.807) is 36.4 Å². The Hall–Kier alpha value is -2.82. The lowest BCUT2D eigenvalue weighted by molar-refractivity contribution is 0.102. The van der Waals surface area contributed by atoms with Crippen molar-refractivity contribution in [1.29, 1.82) is 0 Å². The van der Waals surface area contributed by atoms with E-state index >= 15 is 0 Å². The summed E-state index contributed by atoms with van der Waals surface area (Å²) in [7, 11) is 0. The maximum Gasteiger partial charge on any atom is 0.255 e. The van der Waals surface area contributed by atoms with Gasteiger partial charge in [0.1, 0.15) is 5.52 Å². The second-order valence-electron chi connectivity index (χ2n) is 6.33. The molecular formula is C22H16Cl2N2O2. The second kappa shape index (κ2) is 7.66. The smallest absolute Gasteiger partial charge is 0.255 e. The molecule has 4 rings (SSSR count). The van der Waals surface area contributed by atoms with E-state index in [4.69, 9.17) is 27.6 Å². The number of anilines is 1. The molecule has 1 amide bonds. The molecule has 6 heteroatoms. The zero-order chi connectivity index (χ0) is 19.7. The van der Waals surface area contributed by atoms with Crippen LogP contribution in [0.2, 0.25) is 10.0 Å². The van der Waals surface area contributed by atoms with Gasteiger partial charge in [0, 0.05) is 16.3 Å². The molecule has 0 spiro atoms. The van der Waals surface area contributed by atoms with Gasteiger partial charge in [-0.1, -0.05) is 42.3 Å². The number of fused-ring (bicyclic) bond motifs is 1. The molecule has 3 aromatic carbocycles. The minimum atomic E-state index is -0.175. The van der Waals surface area contributed by atoms with Crippen molar-refractivity contribution in [1.82, 2.24) is 4.98 Å². The van der Waals surface area contributed by atoms with Crippen LogP contribution in [0.1, 0.15) is 22.8 Å². The van der Waals surface area contributed by atoms with E-state index in [1.165, 1.54) is 5.56 Å². The summed E-state index contributed by atoms with van der Waals surface area (Å²) in [4.78, 5) is 17.0. The lowest BCUT2D eigenvalue weighted by atomic mass is 10.1. The normalized spacial score (nSPS) is 11.0. The number of amides is 1. The molecule has 1 aromatic heterocycles. The number of oxazole rings is 1. The van der Waals surface area contributed by atoms with Crippen LogP contribution >= 0.6 is 23.2 Å². The Labute approximate surface area is 172 Å². The van der Waals surface area contributed by atoms with Crippen LogP contribution in [-0.2, 0) is 6.42 Å². The Morgan fingerprint density at radius 3 is 2.54 bits per heavy atom. The van der Waals surface area contributed by atoms with Gasteiger partial charge in [0.2, 0.25) is 5.89 Å². The van der Waals surface area contributed by atoms with Crippen LogP contribution in [0.25, 0.3) is 22.6 Å². The maximum absolute atomic E-state index is 12.5. The van der Waals surface area contributed by atoms with Crippen LogP contribution in [0, 0.1) is 0 Å². The number of nitrogens with zero attached hydrogens (tertiary/aromatic N) is 1. The van der Waals surface area contributed by atoms with Gasteiger partial charge >= 0.3 is 0 Å². The Kier molecular flexibility index (Phi) is 5.07. The molecule has 0 aliphatic carbocycles. The van der Waals surface area contributed by atoms with Crippen LogP contribution < -0.4 is 5.32 Å². The average molecular weight is 411 g/mol. The van der Waals surface area contributed by atoms with Gasteiger partial charge in [0.05, 0.1) is 10.6 Å². The molecule has 0 aliphatic rings. The van der Waals surface area contributed by atoms with Crippen LogP contribution in [0.15, 0.2) is 65.1 Å². The lowest BCUT2D eigenvalue weighted by Gasteiger charge is -2.05. The second-order valence-corrected chi connectivity index (χ2v) is 7.17. The van der Waals surface area contributed by atoms with E-state index in [2.05, 4.69) is 17.2 Å². The van der Waals surface area contributed by atoms with E-state index in [1.807, 2.05) is 24.3 Å². The summed E-state index contributed by atoms with van der Waals surface area (Å²) in [6.07, 6.45) is 0.935. The van der Waals surface area contributed by atoms with Crippen molar-refractivity contribution in [2.75, 3.05) is 5.32 Å². The predicted octanol–water partition coefficient (Wildman–Crippen LogP) is 6.62. The van der Waals surface area contributed by atoms with Gasteiger partial charge in [-0.3, -0.25) is 4.79 Å². The maximum atomic E-state index is 12.5. The first-order valence-corrected chi connectivity index (χ1v) is 9.55. The molecule has 0 unspecified atom stereocenters. The Morgan fingerprint density at radius 2 is 1.82 bits per heavy atom. The third-order valence-corrected chi connectivity index (χ3v) is 4.98. The van der Waals surface area contributed by atoms with E-state index in [0.29, 0.717) is 43.9 Å². The average Bonchev–Trinajstić information content (AvgIpc) is 3.11. The van der Waals surface area contributed by atoms with E-state index in [-0.39, 0.29) is 5.91 Å². The fourth-order valence-electron chi connectivity index (χ4n) is 2.88. The van der Waals surface area contributed by atoms with Crippen molar-refractivity contribution in [3.8, 4) is 11.5 Å². The highest BCUT2D eigenvalue weighted by molar-refractivity contribution is 6.36. The molecule has 140 valence electrons. The molecule has 0 aliphatic heterocycles. The van der Waals surface area contributed by atoms with Crippen LogP contribution in [0.3, 0.4) is 0 Å². The molecule has 1 heterocycles. The molecule has 0 radical (unpaired) electrons. The summed E-state index contributed by atoms with van der Waals surface area (Å²) in [5.74, 6) is 0.224. The number of rotatable bonds is 4. The van der Waals surface area contributed by atoms with Crippen molar-refractivity contribution >= 4 is 45.9 Å². The fraction of sp³-hybridized carbons (Fsp3) is 0.0909. The van der Waals surface area contributed by atoms with Crippen molar-refractivity contribution in [2.45, 2.75) is 13.3 Å². The summed E-state index contributed by atoms with van der Waals surface area (Å²) in [5, 5.41) is 3.90. The highest BCUT2D eigenvalue weighted by atomic mass is 35.5. The monoisotopic (exact) mass is 410 g/mol. The van der Waals surface area contributed by atoms with Crippen LogP contribution in [0.5, 0.6) is 0 Å². The molecule has 1 N–H and O–H groups in total. The molecular weight excluding hydrogens is 395 g/mol. The van der Waals surface area contributed by atoms with Gasteiger partial charge in [0.15, 0.2) is 5.58 Å². The number of carbonyl (C=O) groups is 1. The van der Waals surface area contributed by atoms with Gasteiger partial charge in [-0.05, 0) is 60.5 Å². The summed E-state index contributed by atoms with van der Waals surface area (Å²) < 4.78 is 5.79. The Morgan fingerprint density at radius 1 is 1.04 bits per heavy atom. The fourth-order valence-corrected chi connectivity index (χ4v) is 3.37. The molecule has 4 aromatic rings. The summed E-state index contributed by atoms with van der Waals surface area (Å²) in [6.45, 7) is 2.08. The van der Waals surface area contributed by atoms with Gasteiger partial charge < -0.3 is 9.73 Å². The molecule has 0 saturated heterocycles. The van der Waals surface area contributed by atoms with Crippen LogP contribution in [-0.4, -0.2) is 10.9 Å². The number of carbonyl (C=O) groups excluding carboxylic acids is 1. The molecule has 0 saturated carbocycles. The number of halogens is 2. The molecule has 0 fully saturated rings. The first kappa shape index (κ1) is 18.5. The third kappa shape index (κ3) is 3.75. The highest BCUT2D eigenvalue weighted by Gasteiger charge is 2.13. The van der Waals surface area contributed by atoms with Crippen molar-refractivity contribution < 1.29 is 9.21 Å². The van der Waals surface area contributed by atoms with Crippen LogP contribution in [0.4, 0.5) is 5.69 Å². The topological polar surface area (TPSA) is 55.1 Å². The predicted molar refractivity (Wildman–Crippen MR) is 113 cm³/mol. The van der Waals surface area contributed by atoms with E-state index in [9.17, 15) is 4.79 Å². The Balaban J connectivity index is 1.60. The van der Waals surface area contributed by atoms with Gasteiger partial charge in [-0.2, -0.15) is 0 Å². The number of aryl methyl sites for hydroxylation is 1.